The summed E-state index contributed by atoms with van der Waals surface area (Å²) in [6, 6.07) is 17.3. The number of rotatable bonds is 7. The van der Waals surface area contributed by atoms with Gasteiger partial charge in [0.15, 0.2) is 0 Å². The van der Waals surface area contributed by atoms with E-state index in [4.69, 9.17) is 14.0 Å². The van der Waals surface area contributed by atoms with E-state index in [0.29, 0.717) is 0 Å². The first-order valence-electron chi connectivity index (χ1n) is 11.4. The van der Waals surface area contributed by atoms with Crippen molar-refractivity contribution in [3.63, 3.8) is 0 Å². The highest BCUT2D eigenvalue weighted by molar-refractivity contribution is 7.07. The van der Waals surface area contributed by atoms with Gasteiger partial charge in [-0.25, -0.2) is 4.79 Å². The molecule has 9 heteroatoms. The van der Waals surface area contributed by atoms with Crippen LogP contribution in [0.1, 0.15) is 38.8 Å². The number of nitrogens with one attached hydrogen (secondary N) is 2. The van der Waals surface area contributed by atoms with Crippen LogP contribution in [-0.2, 0) is 20.7 Å². The van der Waals surface area contributed by atoms with Crippen LogP contribution in [0.25, 0.3) is 17.3 Å². The molecule has 4 rings (SSSR count). The molecule has 0 unspecified atom stereocenters. The Kier molecular flexibility index (Phi) is 7.30. The lowest BCUT2D eigenvalue weighted by Gasteiger charge is -2.32. The van der Waals surface area contributed by atoms with Gasteiger partial charge in [0.1, 0.15) is 6.61 Å². The van der Waals surface area contributed by atoms with Crippen LogP contribution >= 0.6 is 11.3 Å². The van der Waals surface area contributed by atoms with E-state index in [9.17, 15) is 9.59 Å². The van der Waals surface area contributed by atoms with Crippen LogP contribution in [0.2, 0.25) is 0 Å². The molecule has 0 aliphatic carbocycles. The van der Waals surface area contributed by atoms with Crippen molar-refractivity contribution in [2.24, 2.45) is 0 Å². The van der Waals surface area contributed by atoms with Crippen molar-refractivity contribution in [1.82, 2.24) is 10.3 Å². The maximum absolute atomic E-state index is 12.4. The first kappa shape index (κ1) is 25.0. The highest BCUT2D eigenvalue weighted by atomic mass is 32.1. The highest BCUT2D eigenvalue weighted by Gasteiger charge is 2.52. The summed E-state index contributed by atoms with van der Waals surface area (Å²) < 4.78 is 17.8. The average Bonchev–Trinajstić information content (AvgIpc) is 3.35. The number of hydrogen-bond donors (Lipinski definition) is 2. The number of alkyl carbamates (subject to hydrolysis) is 1. The third kappa shape index (κ3) is 6.11. The van der Waals surface area contributed by atoms with Gasteiger partial charge in [0.25, 0.3) is 0 Å². The van der Waals surface area contributed by atoms with Crippen LogP contribution < -0.4 is 10.2 Å². The molecule has 0 spiro atoms. The monoisotopic (exact) mass is 492 g/mol. The molecule has 0 radical (unpaired) electrons. The van der Waals surface area contributed by atoms with E-state index < -0.39 is 24.4 Å². The predicted octanol–water partition coefficient (Wildman–Crippen LogP) is 5.04. The first-order chi connectivity index (χ1) is 16.6. The SMILES string of the molecule is CC1(C)OB(C(=Cc2ccc(-c3csc(=O)[nH]3)cc2)CNC(=O)OCc2ccccc2)OC1(C)C. The molecule has 7 nitrogen and oxygen atoms in total. The van der Waals surface area contributed by atoms with E-state index in [1.54, 1.807) is 5.38 Å². The second-order valence-electron chi connectivity index (χ2n) is 9.41. The number of ether oxygens (including phenoxy) is 1. The van der Waals surface area contributed by atoms with E-state index in [-0.39, 0.29) is 18.0 Å². The van der Waals surface area contributed by atoms with Gasteiger partial charge in [-0.3, -0.25) is 4.79 Å². The molecule has 1 aliphatic heterocycles. The topological polar surface area (TPSA) is 89.7 Å². The third-order valence-corrected chi connectivity index (χ3v) is 6.97. The molecule has 0 saturated carbocycles. The minimum atomic E-state index is -0.623. The summed E-state index contributed by atoms with van der Waals surface area (Å²) in [7, 11) is -0.623. The van der Waals surface area contributed by atoms with E-state index in [1.165, 1.54) is 0 Å². The van der Waals surface area contributed by atoms with E-state index in [0.717, 1.165) is 39.2 Å². The zero-order chi connectivity index (χ0) is 25.1. The van der Waals surface area contributed by atoms with Crippen LogP contribution in [0.4, 0.5) is 4.79 Å². The van der Waals surface area contributed by atoms with Crippen LogP contribution in [0.15, 0.2) is 70.2 Å². The minimum absolute atomic E-state index is 0.0859. The number of carbonyl (C=O) groups is 1. The number of aromatic nitrogens is 1. The van der Waals surface area contributed by atoms with Gasteiger partial charge in [-0.05, 0) is 49.9 Å². The molecule has 1 aromatic heterocycles. The molecule has 35 heavy (non-hydrogen) atoms. The van der Waals surface area contributed by atoms with E-state index >= 15 is 0 Å². The number of amides is 1. The minimum Gasteiger partial charge on any atom is -0.445 e. The number of benzene rings is 2. The molecule has 2 aromatic carbocycles. The van der Waals surface area contributed by atoms with Gasteiger partial charge < -0.3 is 24.3 Å². The fourth-order valence-corrected chi connectivity index (χ4v) is 4.13. The third-order valence-electron chi connectivity index (χ3n) is 6.30. The Labute approximate surface area is 209 Å². The van der Waals surface area contributed by atoms with Gasteiger partial charge in [-0.2, -0.15) is 0 Å². The Hall–Kier alpha value is -3.14. The van der Waals surface area contributed by atoms with Crippen molar-refractivity contribution in [3.8, 4) is 11.3 Å². The smallest absolute Gasteiger partial charge is 0.445 e. The molecular formula is C26H29BN2O5S. The molecule has 1 amide bonds. The van der Waals surface area contributed by atoms with Gasteiger partial charge in [0.2, 0.25) is 0 Å². The van der Waals surface area contributed by atoms with Crippen molar-refractivity contribution < 1.29 is 18.8 Å². The molecule has 2 heterocycles. The van der Waals surface area contributed by atoms with Crippen molar-refractivity contribution in [2.75, 3.05) is 6.54 Å². The fourth-order valence-electron chi connectivity index (χ4n) is 3.54. The van der Waals surface area contributed by atoms with Gasteiger partial charge >= 0.3 is 18.1 Å². The summed E-state index contributed by atoms with van der Waals surface area (Å²) in [5, 5.41) is 4.62. The molecule has 0 atom stereocenters. The molecule has 1 saturated heterocycles. The molecule has 3 aromatic rings. The Bertz CT molecular complexity index is 1230. The summed E-state index contributed by atoms with van der Waals surface area (Å²) in [4.78, 5) is 26.6. The van der Waals surface area contributed by atoms with Crippen molar-refractivity contribution in [2.45, 2.75) is 45.5 Å². The Balaban J connectivity index is 1.49. The summed E-state index contributed by atoms with van der Waals surface area (Å²) in [5.74, 6) is 0. The van der Waals surface area contributed by atoms with Gasteiger partial charge in [0.05, 0.1) is 16.9 Å². The number of aromatic amines is 1. The summed E-state index contributed by atoms with van der Waals surface area (Å²) in [5.41, 5.74) is 3.26. The predicted molar refractivity (Wildman–Crippen MR) is 139 cm³/mol. The summed E-state index contributed by atoms with van der Waals surface area (Å²) >= 11 is 1.13. The van der Waals surface area contributed by atoms with Gasteiger partial charge in [-0.1, -0.05) is 72.0 Å². The molecule has 182 valence electrons. The molecule has 1 aliphatic rings. The Morgan fingerprint density at radius 1 is 1.06 bits per heavy atom. The normalized spacial score (nSPS) is 16.8. The Morgan fingerprint density at radius 2 is 1.71 bits per heavy atom. The lowest BCUT2D eigenvalue weighted by molar-refractivity contribution is 0.00578. The first-order valence-corrected chi connectivity index (χ1v) is 12.3. The van der Waals surface area contributed by atoms with Gasteiger partial charge in [-0.15, -0.1) is 0 Å². The molecule has 0 bridgehead atoms. The zero-order valence-corrected chi connectivity index (χ0v) is 21.1. The molecular weight excluding hydrogens is 463 g/mol. The van der Waals surface area contributed by atoms with Crippen molar-refractivity contribution in [1.29, 1.82) is 0 Å². The largest absolute Gasteiger partial charge is 0.492 e. The second kappa shape index (κ2) is 10.2. The van der Waals surface area contributed by atoms with E-state index in [1.807, 2.05) is 88.4 Å². The van der Waals surface area contributed by atoms with Crippen LogP contribution in [0.5, 0.6) is 0 Å². The van der Waals surface area contributed by atoms with Crippen LogP contribution in [0, 0.1) is 0 Å². The quantitative estimate of drug-likeness (QED) is 0.451. The highest BCUT2D eigenvalue weighted by Crippen LogP contribution is 2.38. The lowest BCUT2D eigenvalue weighted by Crippen LogP contribution is -2.41. The fraction of sp³-hybridized carbons (Fsp3) is 0.308. The number of thiazole rings is 1. The van der Waals surface area contributed by atoms with Crippen LogP contribution in [-0.4, -0.2) is 35.9 Å². The van der Waals surface area contributed by atoms with Crippen molar-refractivity contribution >= 4 is 30.6 Å². The molecule has 2 N–H and O–H groups in total. The van der Waals surface area contributed by atoms with Crippen LogP contribution in [0.3, 0.4) is 0 Å². The number of carbonyl (C=O) groups excluding carboxylic acids is 1. The zero-order valence-electron chi connectivity index (χ0n) is 20.3. The molecule has 1 fully saturated rings. The average molecular weight is 492 g/mol. The second-order valence-corrected chi connectivity index (χ2v) is 10.2. The van der Waals surface area contributed by atoms with E-state index in [2.05, 4.69) is 10.3 Å². The van der Waals surface area contributed by atoms with Crippen molar-refractivity contribution in [3.05, 3.63) is 86.2 Å². The number of hydrogen-bond acceptors (Lipinski definition) is 6. The summed E-state index contributed by atoms with van der Waals surface area (Å²) in [6.45, 7) is 8.34. The Morgan fingerprint density at radius 3 is 2.31 bits per heavy atom. The summed E-state index contributed by atoms with van der Waals surface area (Å²) in [6.07, 6.45) is 1.42. The maximum Gasteiger partial charge on any atom is 0.492 e. The standard InChI is InChI=1S/C26H29BN2O5S/c1-25(2)26(3,4)34-27(33-25)21(15-28-23(30)32-16-19-8-6-5-7-9-19)14-18-10-12-20(13-11-18)22-17-35-24(31)29-22/h5-14,17H,15-16H2,1-4H3,(H,28,30)(H,29,31). The lowest BCUT2D eigenvalue weighted by atomic mass is 9.77. The maximum atomic E-state index is 12.4. The van der Waals surface area contributed by atoms with Gasteiger partial charge in [0, 0.05) is 11.9 Å². The number of H-pyrrole nitrogens is 1.